The topological polar surface area (TPSA) is 43.5 Å². The van der Waals surface area contributed by atoms with Crippen LogP contribution in [-0.2, 0) is 17.7 Å². The monoisotopic (exact) mass is 348 g/mol. The lowest BCUT2D eigenvalue weighted by atomic mass is 10.4. The van der Waals surface area contributed by atoms with Gasteiger partial charge in [-0.05, 0) is 64.2 Å². The maximum Gasteiger partial charge on any atom is 0.311 e. The van der Waals surface area contributed by atoms with Gasteiger partial charge in [-0.2, -0.15) is 0 Å². The van der Waals surface area contributed by atoms with Crippen molar-refractivity contribution in [2.45, 2.75) is 76.4 Å². The van der Waals surface area contributed by atoms with Gasteiger partial charge in [0.05, 0.1) is 25.4 Å². The van der Waals surface area contributed by atoms with E-state index in [0.717, 1.165) is 26.1 Å². The van der Waals surface area contributed by atoms with Crippen LogP contribution in [0.1, 0.15) is 12.8 Å². The second-order valence-corrected chi connectivity index (χ2v) is 20.6. The summed E-state index contributed by atoms with van der Waals surface area (Å²) in [6.45, 7) is 15.6. The summed E-state index contributed by atoms with van der Waals surface area (Å²) in [5, 5.41) is 0. The van der Waals surface area contributed by atoms with E-state index in [0.29, 0.717) is 12.2 Å². The summed E-state index contributed by atoms with van der Waals surface area (Å²) in [4.78, 5) is 0. The van der Waals surface area contributed by atoms with E-state index in [9.17, 15) is 0 Å². The van der Waals surface area contributed by atoms with Crippen molar-refractivity contribution >= 4 is 25.2 Å². The first-order chi connectivity index (χ1) is 9.57. The van der Waals surface area contributed by atoms with Crippen LogP contribution in [0.25, 0.3) is 0 Å². The van der Waals surface area contributed by atoms with Crippen LogP contribution in [-0.4, -0.2) is 50.6 Å². The highest BCUT2D eigenvalue weighted by molar-refractivity contribution is 6.87. The minimum absolute atomic E-state index is 0.510. The molecular formula is C14H32O4Si3. The molecule has 0 saturated carbocycles. The molecule has 0 bridgehead atoms. The van der Waals surface area contributed by atoms with E-state index < -0.39 is 25.2 Å². The first kappa shape index (κ1) is 17.8. The zero-order chi connectivity index (χ0) is 15.7. The molecule has 2 saturated heterocycles. The molecule has 0 aromatic heterocycles. The summed E-state index contributed by atoms with van der Waals surface area (Å²) in [5.74, 6) is 0. The van der Waals surface area contributed by atoms with Crippen LogP contribution >= 0.6 is 0 Å². The third kappa shape index (κ3) is 7.54. The molecule has 0 aromatic carbocycles. The quantitative estimate of drug-likeness (QED) is 0.446. The normalized spacial score (nSPS) is 26.0. The lowest BCUT2D eigenvalue weighted by molar-refractivity contribution is 0.372. The summed E-state index contributed by atoms with van der Waals surface area (Å²) >= 11 is 0. The predicted octanol–water partition coefficient (Wildman–Crippen LogP) is 3.71. The highest BCUT2D eigenvalue weighted by atomic mass is 28.5. The van der Waals surface area contributed by atoms with E-state index in [-0.39, 0.29) is 0 Å². The lowest BCUT2D eigenvalue weighted by Crippen LogP contribution is -2.52. The molecule has 2 atom stereocenters. The number of epoxide rings is 2. The van der Waals surface area contributed by atoms with Gasteiger partial charge in [-0.15, -0.1) is 0 Å². The molecule has 21 heavy (non-hydrogen) atoms. The molecule has 0 radical (unpaired) electrons. The van der Waals surface area contributed by atoms with Crippen LogP contribution in [0.15, 0.2) is 0 Å². The van der Waals surface area contributed by atoms with Crippen molar-refractivity contribution in [3.8, 4) is 0 Å². The summed E-state index contributed by atoms with van der Waals surface area (Å²) in [6.07, 6.45) is 3.33. The Labute approximate surface area is 133 Å². The van der Waals surface area contributed by atoms with E-state index in [1.807, 2.05) is 0 Å². The fourth-order valence-corrected chi connectivity index (χ4v) is 17.0. The average molecular weight is 349 g/mol. The molecule has 0 spiro atoms. The fraction of sp³-hybridized carbons (Fsp3) is 1.00. The van der Waals surface area contributed by atoms with Crippen LogP contribution in [0.4, 0.5) is 0 Å². The van der Waals surface area contributed by atoms with Gasteiger partial charge in [0.15, 0.2) is 16.6 Å². The molecule has 2 unspecified atom stereocenters. The molecule has 2 aliphatic rings. The molecule has 0 N–H and O–H groups in total. The summed E-state index contributed by atoms with van der Waals surface area (Å²) < 4.78 is 23.8. The maximum absolute atomic E-state index is 6.57. The molecular weight excluding hydrogens is 316 g/mol. The van der Waals surface area contributed by atoms with Crippen LogP contribution in [0.5, 0.6) is 0 Å². The summed E-state index contributed by atoms with van der Waals surface area (Å²) in [5.41, 5.74) is 0. The van der Waals surface area contributed by atoms with Crippen LogP contribution in [0.3, 0.4) is 0 Å². The van der Waals surface area contributed by atoms with Crippen molar-refractivity contribution in [2.24, 2.45) is 0 Å². The molecule has 2 aliphatic heterocycles. The van der Waals surface area contributed by atoms with E-state index >= 15 is 0 Å². The van der Waals surface area contributed by atoms with Crippen LogP contribution in [0, 0.1) is 0 Å². The first-order valence-electron chi connectivity index (χ1n) is 8.21. The van der Waals surface area contributed by atoms with Crippen molar-refractivity contribution in [1.82, 2.24) is 0 Å². The molecule has 124 valence electrons. The van der Waals surface area contributed by atoms with Crippen molar-refractivity contribution in [3.05, 3.63) is 0 Å². The SMILES string of the molecule is C[Si](C)(CCC1CO1)O[Si](C)(C)O[Si](C)(C)CCC1CO1. The summed E-state index contributed by atoms with van der Waals surface area (Å²) in [6, 6.07) is 2.35. The molecule has 7 heteroatoms. The van der Waals surface area contributed by atoms with Gasteiger partial charge in [-0.1, -0.05) is 0 Å². The Balaban J connectivity index is 1.77. The maximum atomic E-state index is 6.57. The highest BCUT2D eigenvalue weighted by Gasteiger charge is 2.40. The Kier molecular flexibility index (Phi) is 5.56. The number of hydrogen-bond acceptors (Lipinski definition) is 4. The van der Waals surface area contributed by atoms with Gasteiger partial charge in [0.25, 0.3) is 0 Å². The van der Waals surface area contributed by atoms with Crippen molar-refractivity contribution < 1.29 is 17.7 Å². The molecule has 2 rings (SSSR count). The van der Waals surface area contributed by atoms with Gasteiger partial charge in [-0.3, -0.25) is 0 Å². The largest absolute Gasteiger partial charge is 0.437 e. The first-order valence-corrected chi connectivity index (χ1v) is 17.3. The zero-order valence-corrected chi connectivity index (χ0v) is 17.5. The Morgan fingerprint density at radius 3 is 1.38 bits per heavy atom. The van der Waals surface area contributed by atoms with Gasteiger partial charge in [0.2, 0.25) is 0 Å². The van der Waals surface area contributed by atoms with Crippen molar-refractivity contribution in [2.75, 3.05) is 13.2 Å². The second kappa shape index (κ2) is 6.54. The Morgan fingerprint density at radius 1 is 0.762 bits per heavy atom. The Bertz CT molecular complexity index is 320. The molecule has 0 aliphatic carbocycles. The highest BCUT2D eigenvalue weighted by Crippen LogP contribution is 2.29. The Morgan fingerprint density at radius 2 is 1.10 bits per heavy atom. The third-order valence-corrected chi connectivity index (χ3v) is 15.3. The predicted molar refractivity (Wildman–Crippen MR) is 92.9 cm³/mol. The summed E-state index contributed by atoms with van der Waals surface area (Å²) in [7, 11) is -5.31. The van der Waals surface area contributed by atoms with Crippen molar-refractivity contribution in [3.63, 3.8) is 0 Å². The molecule has 0 amide bonds. The smallest absolute Gasteiger partial charge is 0.311 e. The average Bonchev–Trinajstić information content (AvgIpc) is 3.15. The Hall–Kier alpha value is 0.491. The standard InChI is InChI=1S/C14H32O4Si3/c1-19(2,9-7-13-11-15-13)17-21(5,6)18-20(3,4)10-8-14-12-16-14/h13-14H,7-12H2,1-6H3. The fourth-order valence-electron chi connectivity index (χ4n) is 2.94. The number of hydrogen-bond donors (Lipinski definition) is 0. The lowest BCUT2D eigenvalue weighted by Gasteiger charge is -2.38. The molecule has 2 heterocycles. The number of ether oxygens (including phenoxy) is 2. The van der Waals surface area contributed by atoms with Crippen molar-refractivity contribution in [1.29, 1.82) is 0 Å². The van der Waals surface area contributed by atoms with Crippen LogP contribution < -0.4 is 0 Å². The van der Waals surface area contributed by atoms with Gasteiger partial charge in [-0.25, -0.2) is 0 Å². The minimum atomic E-state index is -2.04. The molecule has 0 aromatic rings. The molecule has 4 nitrogen and oxygen atoms in total. The van der Waals surface area contributed by atoms with E-state index in [2.05, 4.69) is 39.3 Å². The van der Waals surface area contributed by atoms with Gasteiger partial charge in [0.1, 0.15) is 0 Å². The van der Waals surface area contributed by atoms with E-state index in [4.69, 9.17) is 17.7 Å². The van der Waals surface area contributed by atoms with Crippen LogP contribution in [0.2, 0.25) is 51.4 Å². The van der Waals surface area contributed by atoms with Gasteiger partial charge >= 0.3 is 8.56 Å². The zero-order valence-electron chi connectivity index (χ0n) is 14.5. The molecule has 2 fully saturated rings. The second-order valence-electron chi connectivity index (χ2n) is 8.11. The van der Waals surface area contributed by atoms with Gasteiger partial charge in [0, 0.05) is 0 Å². The minimum Gasteiger partial charge on any atom is -0.437 e. The third-order valence-electron chi connectivity index (χ3n) is 3.99. The number of rotatable bonds is 10. The van der Waals surface area contributed by atoms with E-state index in [1.165, 1.54) is 12.1 Å². The van der Waals surface area contributed by atoms with E-state index in [1.54, 1.807) is 0 Å². The van der Waals surface area contributed by atoms with Gasteiger partial charge < -0.3 is 17.7 Å².